The minimum Gasteiger partial charge on any atom is -0.379 e. The molecular formula is C21H25N3O3. The van der Waals surface area contributed by atoms with Crippen LogP contribution >= 0.6 is 0 Å². The van der Waals surface area contributed by atoms with Crippen molar-refractivity contribution >= 4 is 17.5 Å². The van der Waals surface area contributed by atoms with Crippen molar-refractivity contribution in [3.63, 3.8) is 0 Å². The van der Waals surface area contributed by atoms with Gasteiger partial charge in [-0.1, -0.05) is 30.3 Å². The van der Waals surface area contributed by atoms with Gasteiger partial charge in [-0.25, -0.2) is 0 Å². The van der Waals surface area contributed by atoms with Crippen molar-refractivity contribution in [2.45, 2.75) is 20.0 Å². The van der Waals surface area contributed by atoms with E-state index in [-0.39, 0.29) is 11.8 Å². The van der Waals surface area contributed by atoms with Crippen molar-refractivity contribution < 1.29 is 14.3 Å². The van der Waals surface area contributed by atoms with E-state index in [0.29, 0.717) is 17.8 Å². The lowest BCUT2D eigenvalue weighted by molar-refractivity contribution is -0.114. The average Bonchev–Trinajstić information content (AvgIpc) is 2.67. The van der Waals surface area contributed by atoms with Crippen LogP contribution in [0.2, 0.25) is 0 Å². The molecule has 0 radical (unpaired) electrons. The van der Waals surface area contributed by atoms with Gasteiger partial charge in [-0.2, -0.15) is 0 Å². The highest BCUT2D eigenvalue weighted by Gasteiger charge is 2.13. The molecule has 2 aromatic carbocycles. The van der Waals surface area contributed by atoms with Gasteiger partial charge in [0.05, 0.1) is 13.2 Å². The van der Waals surface area contributed by atoms with E-state index in [1.165, 1.54) is 12.5 Å². The fourth-order valence-corrected chi connectivity index (χ4v) is 3.10. The third kappa shape index (κ3) is 5.64. The van der Waals surface area contributed by atoms with Crippen LogP contribution in [0.15, 0.2) is 48.5 Å². The van der Waals surface area contributed by atoms with E-state index in [1.807, 2.05) is 18.2 Å². The van der Waals surface area contributed by atoms with E-state index < -0.39 is 0 Å². The number of carbonyl (C=O) groups excluding carboxylic acids is 2. The van der Waals surface area contributed by atoms with E-state index in [9.17, 15) is 9.59 Å². The summed E-state index contributed by atoms with van der Waals surface area (Å²) in [5, 5.41) is 5.67. The Hall–Kier alpha value is -2.70. The van der Waals surface area contributed by atoms with Crippen LogP contribution in [0, 0.1) is 0 Å². The van der Waals surface area contributed by atoms with E-state index in [4.69, 9.17) is 4.74 Å². The molecule has 0 aliphatic carbocycles. The second-order valence-electron chi connectivity index (χ2n) is 6.60. The molecule has 0 unspecified atom stereocenters. The molecule has 1 saturated heterocycles. The Labute approximate surface area is 159 Å². The van der Waals surface area contributed by atoms with Crippen molar-refractivity contribution in [1.82, 2.24) is 10.2 Å². The molecule has 1 aliphatic heterocycles. The Bertz CT molecular complexity index is 801. The number of nitrogens with one attached hydrogen (secondary N) is 2. The largest absolute Gasteiger partial charge is 0.379 e. The van der Waals surface area contributed by atoms with Crippen molar-refractivity contribution in [3.8, 4) is 0 Å². The Morgan fingerprint density at radius 3 is 2.52 bits per heavy atom. The van der Waals surface area contributed by atoms with E-state index >= 15 is 0 Å². The number of amides is 2. The molecule has 27 heavy (non-hydrogen) atoms. The van der Waals surface area contributed by atoms with Gasteiger partial charge in [-0.15, -0.1) is 0 Å². The molecule has 0 aromatic heterocycles. The number of rotatable bonds is 6. The van der Waals surface area contributed by atoms with Gasteiger partial charge < -0.3 is 15.4 Å². The van der Waals surface area contributed by atoms with Crippen LogP contribution in [0.25, 0.3) is 0 Å². The van der Waals surface area contributed by atoms with Crippen molar-refractivity contribution in [2.75, 3.05) is 31.6 Å². The minimum absolute atomic E-state index is 0.162. The molecule has 2 N–H and O–H groups in total. The average molecular weight is 367 g/mol. The minimum atomic E-state index is -0.164. The molecule has 0 bridgehead atoms. The maximum atomic E-state index is 12.5. The second-order valence-corrected chi connectivity index (χ2v) is 6.60. The fourth-order valence-electron chi connectivity index (χ4n) is 3.10. The van der Waals surface area contributed by atoms with Gasteiger partial charge in [0.2, 0.25) is 5.91 Å². The van der Waals surface area contributed by atoms with Gasteiger partial charge in [-0.3, -0.25) is 14.5 Å². The van der Waals surface area contributed by atoms with Crippen LogP contribution in [0.4, 0.5) is 5.69 Å². The van der Waals surface area contributed by atoms with E-state index in [1.54, 1.807) is 24.3 Å². The molecule has 0 saturated carbocycles. The standard InChI is InChI=1S/C21H25N3O3/c1-16(25)23-20-8-4-7-17(13-20)21(26)22-14-18-5-2-3-6-19(18)15-24-9-11-27-12-10-24/h2-8,13H,9-12,14-15H2,1H3,(H,22,26)(H,23,25). The molecule has 0 atom stereocenters. The van der Waals surface area contributed by atoms with Crippen LogP contribution in [-0.2, 0) is 22.6 Å². The highest BCUT2D eigenvalue weighted by atomic mass is 16.5. The summed E-state index contributed by atoms with van der Waals surface area (Å²) in [6.07, 6.45) is 0. The molecule has 2 amide bonds. The summed E-state index contributed by atoms with van der Waals surface area (Å²) in [5.41, 5.74) is 3.46. The SMILES string of the molecule is CC(=O)Nc1cccc(C(=O)NCc2ccccc2CN2CCOCC2)c1. The number of hydrogen-bond acceptors (Lipinski definition) is 4. The van der Waals surface area contributed by atoms with Crippen LogP contribution in [0.5, 0.6) is 0 Å². The van der Waals surface area contributed by atoms with Gasteiger partial charge in [0.1, 0.15) is 0 Å². The summed E-state index contributed by atoms with van der Waals surface area (Å²) in [5.74, 6) is -0.326. The first-order valence-corrected chi connectivity index (χ1v) is 9.14. The fraction of sp³-hybridized carbons (Fsp3) is 0.333. The van der Waals surface area contributed by atoms with Gasteiger partial charge in [0.15, 0.2) is 0 Å². The van der Waals surface area contributed by atoms with E-state index in [2.05, 4.69) is 21.6 Å². The third-order valence-electron chi connectivity index (χ3n) is 4.50. The van der Waals surface area contributed by atoms with Gasteiger partial charge >= 0.3 is 0 Å². The van der Waals surface area contributed by atoms with Crippen molar-refractivity contribution in [1.29, 1.82) is 0 Å². The molecule has 6 nitrogen and oxygen atoms in total. The van der Waals surface area contributed by atoms with Crippen molar-refractivity contribution in [2.24, 2.45) is 0 Å². The molecule has 1 fully saturated rings. The first-order chi connectivity index (χ1) is 13.1. The number of hydrogen-bond donors (Lipinski definition) is 2. The van der Waals surface area contributed by atoms with Crippen LogP contribution in [-0.4, -0.2) is 43.0 Å². The highest BCUT2D eigenvalue weighted by molar-refractivity contribution is 5.96. The third-order valence-corrected chi connectivity index (χ3v) is 4.50. The molecule has 1 aliphatic rings. The lowest BCUT2D eigenvalue weighted by Crippen LogP contribution is -2.36. The number of carbonyl (C=O) groups is 2. The number of benzene rings is 2. The summed E-state index contributed by atoms with van der Waals surface area (Å²) in [6, 6.07) is 15.1. The van der Waals surface area contributed by atoms with Gasteiger partial charge in [-0.05, 0) is 29.3 Å². The number of nitrogens with zero attached hydrogens (tertiary/aromatic N) is 1. The van der Waals surface area contributed by atoms with E-state index in [0.717, 1.165) is 38.4 Å². The topological polar surface area (TPSA) is 70.7 Å². The highest BCUT2D eigenvalue weighted by Crippen LogP contribution is 2.14. The van der Waals surface area contributed by atoms with Crippen LogP contribution in [0.1, 0.15) is 28.4 Å². The zero-order valence-electron chi connectivity index (χ0n) is 15.5. The number of morpholine rings is 1. The summed E-state index contributed by atoms with van der Waals surface area (Å²) in [6.45, 7) is 6.15. The molecule has 6 heteroatoms. The van der Waals surface area contributed by atoms with Crippen molar-refractivity contribution in [3.05, 3.63) is 65.2 Å². The van der Waals surface area contributed by atoms with Crippen LogP contribution in [0.3, 0.4) is 0 Å². The lowest BCUT2D eigenvalue weighted by atomic mass is 10.1. The Morgan fingerprint density at radius 2 is 1.78 bits per heavy atom. The second kappa shape index (κ2) is 9.30. The smallest absolute Gasteiger partial charge is 0.251 e. The normalized spacial score (nSPS) is 14.6. The molecule has 2 aromatic rings. The maximum Gasteiger partial charge on any atom is 0.251 e. The molecule has 0 spiro atoms. The van der Waals surface area contributed by atoms with Gasteiger partial charge in [0.25, 0.3) is 5.91 Å². The predicted octanol–water partition coefficient (Wildman–Crippen LogP) is 2.41. The Balaban J connectivity index is 1.62. The number of anilines is 1. The quantitative estimate of drug-likeness (QED) is 0.823. The summed E-state index contributed by atoms with van der Waals surface area (Å²) in [4.78, 5) is 26.1. The molecule has 142 valence electrons. The number of ether oxygens (including phenoxy) is 1. The predicted molar refractivity (Wildman–Crippen MR) is 104 cm³/mol. The zero-order chi connectivity index (χ0) is 19.1. The Kier molecular flexibility index (Phi) is 6.57. The monoisotopic (exact) mass is 367 g/mol. The first kappa shape index (κ1) is 19.1. The lowest BCUT2D eigenvalue weighted by Gasteiger charge is -2.27. The zero-order valence-corrected chi connectivity index (χ0v) is 15.5. The van der Waals surface area contributed by atoms with Crippen LogP contribution < -0.4 is 10.6 Å². The maximum absolute atomic E-state index is 12.5. The Morgan fingerprint density at radius 1 is 1.04 bits per heavy atom. The molecular weight excluding hydrogens is 342 g/mol. The molecule has 3 rings (SSSR count). The molecule has 1 heterocycles. The summed E-state index contributed by atoms with van der Waals surface area (Å²) >= 11 is 0. The first-order valence-electron chi connectivity index (χ1n) is 9.14. The van der Waals surface area contributed by atoms with Gasteiger partial charge in [0, 0.05) is 44.4 Å². The summed E-state index contributed by atoms with van der Waals surface area (Å²) in [7, 11) is 0. The summed E-state index contributed by atoms with van der Waals surface area (Å²) < 4.78 is 5.40.